The molecule has 0 radical (unpaired) electrons. The lowest BCUT2D eigenvalue weighted by atomic mass is 10.2. The van der Waals surface area contributed by atoms with Crippen molar-refractivity contribution in [2.24, 2.45) is 0 Å². The zero-order valence-corrected chi connectivity index (χ0v) is 12.0. The van der Waals surface area contributed by atoms with Gasteiger partial charge >= 0.3 is 0 Å². The van der Waals surface area contributed by atoms with E-state index in [0.29, 0.717) is 35.5 Å². The number of nitrogen functional groups attached to an aromatic ring is 1. The molecular weight excluding hydrogens is 279 g/mol. The topological polar surface area (TPSA) is 66.6 Å². The van der Waals surface area contributed by atoms with E-state index in [2.05, 4.69) is 0 Å². The molecule has 1 amide bonds. The summed E-state index contributed by atoms with van der Waals surface area (Å²) in [5.41, 5.74) is 6.31. The molecule has 6 heteroatoms. The van der Waals surface area contributed by atoms with Crippen LogP contribution in [0.5, 0.6) is 0 Å². The van der Waals surface area contributed by atoms with Gasteiger partial charge in [-0.05, 0) is 31.5 Å². The fraction of sp³-hybridized carbons (Fsp3) is 0.357. The number of aliphatic hydroxyl groups is 1. The molecule has 0 unspecified atom stereocenters. The SMILES string of the molecule is CCN(CCCO)C(=O)c1sc2ccc(F)cc2c1N. The van der Waals surface area contributed by atoms with Gasteiger partial charge in [-0.15, -0.1) is 11.3 Å². The summed E-state index contributed by atoms with van der Waals surface area (Å²) in [7, 11) is 0. The van der Waals surface area contributed by atoms with Gasteiger partial charge in [-0.1, -0.05) is 0 Å². The van der Waals surface area contributed by atoms with Gasteiger partial charge in [0.2, 0.25) is 0 Å². The highest BCUT2D eigenvalue weighted by atomic mass is 32.1. The summed E-state index contributed by atoms with van der Waals surface area (Å²) < 4.78 is 14.0. The lowest BCUT2D eigenvalue weighted by molar-refractivity contribution is 0.0760. The van der Waals surface area contributed by atoms with Gasteiger partial charge in [-0.2, -0.15) is 0 Å². The van der Waals surface area contributed by atoms with Gasteiger partial charge in [-0.3, -0.25) is 4.79 Å². The fourth-order valence-electron chi connectivity index (χ4n) is 2.06. The second kappa shape index (κ2) is 6.19. The van der Waals surface area contributed by atoms with Gasteiger partial charge in [0.05, 0.1) is 5.69 Å². The Morgan fingerprint density at radius 3 is 2.90 bits per heavy atom. The molecule has 0 fully saturated rings. The lowest BCUT2D eigenvalue weighted by Gasteiger charge is -2.19. The average Bonchev–Trinajstić information content (AvgIpc) is 2.76. The number of hydrogen-bond donors (Lipinski definition) is 2. The normalized spacial score (nSPS) is 10.9. The Morgan fingerprint density at radius 2 is 2.25 bits per heavy atom. The number of aliphatic hydroxyl groups excluding tert-OH is 1. The average molecular weight is 296 g/mol. The second-order valence-electron chi connectivity index (χ2n) is 4.45. The van der Waals surface area contributed by atoms with E-state index in [9.17, 15) is 9.18 Å². The summed E-state index contributed by atoms with van der Waals surface area (Å²) in [6, 6.07) is 4.34. The predicted molar refractivity (Wildman–Crippen MR) is 79.5 cm³/mol. The van der Waals surface area contributed by atoms with Gasteiger partial charge in [0.25, 0.3) is 5.91 Å². The van der Waals surface area contributed by atoms with E-state index in [4.69, 9.17) is 10.8 Å². The summed E-state index contributed by atoms with van der Waals surface area (Å²) >= 11 is 1.27. The number of carbonyl (C=O) groups excluding carboxylic acids is 1. The first-order valence-electron chi connectivity index (χ1n) is 6.46. The molecule has 0 saturated heterocycles. The number of halogens is 1. The van der Waals surface area contributed by atoms with Crippen molar-refractivity contribution in [2.75, 3.05) is 25.4 Å². The van der Waals surface area contributed by atoms with Crippen molar-refractivity contribution >= 4 is 33.0 Å². The van der Waals surface area contributed by atoms with Crippen molar-refractivity contribution in [2.45, 2.75) is 13.3 Å². The molecule has 0 atom stereocenters. The molecule has 4 nitrogen and oxygen atoms in total. The van der Waals surface area contributed by atoms with Gasteiger partial charge in [0, 0.05) is 29.8 Å². The highest BCUT2D eigenvalue weighted by molar-refractivity contribution is 7.21. The summed E-state index contributed by atoms with van der Waals surface area (Å²) in [4.78, 5) is 14.5. The molecule has 0 spiro atoms. The second-order valence-corrected chi connectivity index (χ2v) is 5.50. The maximum Gasteiger partial charge on any atom is 0.266 e. The zero-order chi connectivity index (χ0) is 14.7. The van der Waals surface area contributed by atoms with E-state index in [0.717, 1.165) is 4.70 Å². The van der Waals surface area contributed by atoms with Gasteiger partial charge < -0.3 is 15.7 Å². The molecule has 20 heavy (non-hydrogen) atoms. The quantitative estimate of drug-likeness (QED) is 0.890. The minimum Gasteiger partial charge on any atom is -0.397 e. The van der Waals surface area contributed by atoms with Crippen molar-refractivity contribution < 1.29 is 14.3 Å². The minimum absolute atomic E-state index is 0.0386. The van der Waals surface area contributed by atoms with Crippen LogP contribution in [0.3, 0.4) is 0 Å². The number of anilines is 1. The molecule has 0 aliphatic rings. The van der Waals surface area contributed by atoms with Crippen LogP contribution in [0.1, 0.15) is 23.0 Å². The summed E-state index contributed by atoms with van der Waals surface area (Å²) in [5.74, 6) is -0.534. The highest BCUT2D eigenvalue weighted by Gasteiger charge is 2.21. The van der Waals surface area contributed by atoms with E-state index in [-0.39, 0.29) is 18.3 Å². The van der Waals surface area contributed by atoms with E-state index in [1.54, 1.807) is 11.0 Å². The third kappa shape index (κ3) is 2.76. The Labute approximate surface area is 120 Å². The number of nitrogens with zero attached hydrogens (tertiary/aromatic N) is 1. The van der Waals surface area contributed by atoms with Crippen molar-refractivity contribution in [3.05, 3.63) is 28.9 Å². The number of rotatable bonds is 5. The summed E-state index contributed by atoms with van der Waals surface area (Å²) in [6.45, 7) is 2.93. The molecule has 3 N–H and O–H groups in total. The molecule has 2 aromatic rings. The summed E-state index contributed by atoms with van der Waals surface area (Å²) in [5, 5.41) is 9.44. The Morgan fingerprint density at radius 1 is 1.50 bits per heavy atom. The molecule has 0 bridgehead atoms. The molecule has 1 heterocycles. The Bertz CT molecular complexity index is 627. The number of carbonyl (C=O) groups is 1. The first-order chi connectivity index (χ1) is 9.58. The van der Waals surface area contributed by atoms with Crippen molar-refractivity contribution in [3.63, 3.8) is 0 Å². The van der Waals surface area contributed by atoms with E-state index in [1.165, 1.54) is 23.5 Å². The maximum absolute atomic E-state index is 13.2. The van der Waals surface area contributed by atoms with Crippen LogP contribution in [0.25, 0.3) is 10.1 Å². The smallest absolute Gasteiger partial charge is 0.266 e. The maximum atomic E-state index is 13.2. The van der Waals surface area contributed by atoms with Crippen LogP contribution < -0.4 is 5.73 Å². The van der Waals surface area contributed by atoms with Crippen LogP contribution in [0.2, 0.25) is 0 Å². The van der Waals surface area contributed by atoms with Gasteiger partial charge in [-0.25, -0.2) is 4.39 Å². The largest absolute Gasteiger partial charge is 0.397 e. The standard InChI is InChI=1S/C14H17FN2O2S/c1-2-17(6-3-7-18)14(19)13-12(16)10-8-9(15)4-5-11(10)20-13/h4-5,8,18H,2-3,6-7,16H2,1H3. The minimum atomic E-state index is -0.367. The molecule has 2 rings (SSSR count). The Hall–Kier alpha value is -1.66. The molecule has 1 aromatic heterocycles. The molecular formula is C14H17FN2O2S. The number of benzene rings is 1. The van der Waals surface area contributed by atoms with Crippen molar-refractivity contribution in [1.82, 2.24) is 4.90 Å². The number of nitrogens with two attached hydrogens (primary N) is 1. The third-order valence-electron chi connectivity index (χ3n) is 3.14. The number of fused-ring (bicyclic) bond motifs is 1. The van der Waals surface area contributed by atoms with Crippen LogP contribution in [0.4, 0.5) is 10.1 Å². The van der Waals surface area contributed by atoms with E-state index >= 15 is 0 Å². The first kappa shape index (κ1) is 14.7. The number of thiophene rings is 1. The van der Waals surface area contributed by atoms with Crippen LogP contribution in [0, 0.1) is 5.82 Å². The van der Waals surface area contributed by atoms with Gasteiger partial charge in [0.1, 0.15) is 10.7 Å². The molecule has 0 saturated carbocycles. The first-order valence-corrected chi connectivity index (χ1v) is 7.27. The van der Waals surface area contributed by atoms with Gasteiger partial charge in [0.15, 0.2) is 0 Å². The number of amides is 1. The predicted octanol–water partition coefficient (Wildman–Crippen LogP) is 2.47. The molecule has 0 aliphatic carbocycles. The van der Waals surface area contributed by atoms with E-state index < -0.39 is 0 Å². The van der Waals surface area contributed by atoms with Crippen LogP contribution >= 0.6 is 11.3 Å². The monoisotopic (exact) mass is 296 g/mol. The van der Waals surface area contributed by atoms with Crippen LogP contribution in [0.15, 0.2) is 18.2 Å². The summed E-state index contributed by atoms with van der Waals surface area (Å²) in [6.07, 6.45) is 0.527. The van der Waals surface area contributed by atoms with Crippen LogP contribution in [-0.2, 0) is 0 Å². The van der Waals surface area contributed by atoms with Crippen molar-refractivity contribution in [1.29, 1.82) is 0 Å². The van der Waals surface area contributed by atoms with E-state index in [1.807, 2.05) is 6.92 Å². The zero-order valence-electron chi connectivity index (χ0n) is 11.2. The highest BCUT2D eigenvalue weighted by Crippen LogP contribution is 2.34. The fourth-order valence-corrected chi connectivity index (χ4v) is 3.13. The third-order valence-corrected chi connectivity index (χ3v) is 4.31. The Balaban J connectivity index is 2.36. The lowest BCUT2D eigenvalue weighted by Crippen LogP contribution is -2.32. The molecule has 108 valence electrons. The number of hydrogen-bond acceptors (Lipinski definition) is 4. The Kier molecular flexibility index (Phi) is 4.57. The molecule has 0 aliphatic heterocycles. The van der Waals surface area contributed by atoms with Crippen LogP contribution in [-0.4, -0.2) is 35.6 Å². The van der Waals surface area contributed by atoms with Crippen molar-refractivity contribution in [3.8, 4) is 0 Å². The molecule has 1 aromatic carbocycles.